The Morgan fingerprint density at radius 3 is 2.74 bits per heavy atom. The number of nitrogens with zero attached hydrogens (tertiary/aromatic N) is 1. The fraction of sp³-hybridized carbons (Fsp3) is 0.400. The van der Waals surface area contributed by atoms with Crippen LogP contribution in [0.2, 0.25) is 0 Å². The summed E-state index contributed by atoms with van der Waals surface area (Å²) < 4.78 is -0.604. The maximum Gasteiger partial charge on any atom is 0.220 e. The zero-order valence-electron chi connectivity index (χ0n) is 11.0. The molecule has 1 unspecified atom stereocenters. The maximum absolute atomic E-state index is 12.6. The molecule has 0 amide bonds. The summed E-state index contributed by atoms with van der Waals surface area (Å²) in [5.41, 5.74) is 0.528. The molecule has 4 heteroatoms. The van der Waals surface area contributed by atoms with Gasteiger partial charge in [0.25, 0.3) is 0 Å². The zero-order valence-corrected chi connectivity index (χ0v) is 11.0. The smallest absolute Gasteiger partial charge is 0.220 e. The molecule has 1 heterocycles. The summed E-state index contributed by atoms with van der Waals surface area (Å²) in [6.45, 7) is 5.68. The lowest BCUT2D eigenvalue weighted by Crippen LogP contribution is -2.72. The second-order valence-corrected chi connectivity index (χ2v) is 5.19. The Labute approximate surface area is 113 Å². The van der Waals surface area contributed by atoms with Gasteiger partial charge >= 0.3 is 0 Å². The average Bonchev–Trinajstić information content (AvgIpc) is 2.37. The molecular formula is C15H19NO3. The number of hydrogen-bond acceptors (Lipinski definition) is 3. The zero-order chi connectivity index (χ0) is 14.0. The molecule has 102 valence electrons. The Balaban J connectivity index is 2.27. The Hall–Kier alpha value is -1.49. The highest BCUT2D eigenvalue weighted by atomic mass is 16.6. The van der Waals surface area contributed by atoms with E-state index in [9.17, 15) is 15.1 Å². The standard InChI is InChI=1S/C15H19NO3/c1-3-9-16(19)10-13(11(2)17)14(16)15(18)12-7-5-4-6-8-12/h3-8,11,13-14,17H,1,9-10H2,2H3/t11?,13-,14+,16+/m0/s1. The van der Waals surface area contributed by atoms with E-state index in [1.165, 1.54) is 6.08 Å². The molecule has 1 aliphatic heterocycles. The fourth-order valence-corrected chi connectivity index (χ4v) is 2.79. The first-order valence-electron chi connectivity index (χ1n) is 6.45. The summed E-state index contributed by atoms with van der Waals surface area (Å²) in [7, 11) is 0. The van der Waals surface area contributed by atoms with Gasteiger partial charge in [-0.15, -0.1) is 0 Å². The Bertz CT molecular complexity index is 472. The third-order valence-electron chi connectivity index (χ3n) is 3.82. The van der Waals surface area contributed by atoms with Crippen molar-refractivity contribution in [2.24, 2.45) is 5.92 Å². The molecule has 1 aliphatic rings. The lowest BCUT2D eigenvalue weighted by Gasteiger charge is -2.60. The topological polar surface area (TPSA) is 60.4 Å². The van der Waals surface area contributed by atoms with Crippen LogP contribution in [0, 0.1) is 11.1 Å². The van der Waals surface area contributed by atoms with Gasteiger partial charge in [-0.2, -0.15) is 0 Å². The van der Waals surface area contributed by atoms with Crippen LogP contribution in [-0.2, 0) is 0 Å². The van der Waals surface area contributed by atoms with Crippen molar-refractivity contribution in [2.45, 2.75) is 19.1 Å². The van der Waals surface area contributed by atoms with E-state index < -0.39 is 16.8 Å². The summed E-state index contributed by atoms with van der Waals surface area (Å²) in [5, 5.41) is 22.3. The highest BCUT2D eigenvalue weighted by Gasteiger charge is 2.54. The molecule has 4 nitrogen and oxygen atoms in total. The van der Waals surface area contributed by atoms with Crippen LogP contribution in [0.3, 0.4) is 0 Å². The minimum Gasteiger partial charge on any atom is -0.632 e. The number of aliphatic hydroxyl groups excluding tert-OH is 1. The number of carbonyl (C=O) groups excluding carboxylic acids is 1. The number of benzene rings is 1. The van der Waals surface area contributed by atoms with E-state index in [1.54, 1.807) is 31.2 Å². The van der Waals surface area contributed by atoms with Crippen LogP contribution in [0.4, 0.5) is 0 Å². The lowest BCUT2D eigenvalue weighted by molar-refractivity contribution is -0.943. The van der Waals surface area contributed by atoms with E-state index in [1.807, 2.05) is 6.07 Å². The normalized spacial score (nSPS) is 31.3. The van der Waals surface area contributed by atoms with Crippen LogP contribution in [0.1, 0.15) is 17.3 Å². The molecule has 0 spiro atoms. The quantitative estimate of drug-likeness (QED) is 0.380. The number of ketones is 1. The molecule has 1 N–H and O–H groups in total. The third-order valence-corrected chi connectivity index (χ3v) is 3.82. The Kier molecular flexibility index (Phi) is 3.85. The molecule has 4 atom stereocenters. The number of hydroxylamine groups is 3. The molecule has 0 aromatic heterocycles. The number of hydrogen-bond donors (Lipinski definition) is 1. The number of likely N-dealkylation sites (tertiary alicyclic amines) is 1. The van der Waals surface area contributed by atoms with Gasteiger partial charge < -0.3 is 15.0 Å². The van der Waals surface area contributed by atoms with Crippen molar-refractivity contribution in [3.05, 3.63) is 53.8 Å². The van der Waals surface area contributed by atoms with Gasteiger partial charge in [-0.3, -0.25) is 4.79 Å². The monoisotopic (exact) mass is 261 g/mol. The number of rotatable bonds is 5. The molecule has 0 saturated carbocycles. The van der Waals surface area contributed by atoms with Gasteiger partial charge in [0.15, 0.2) is 6.04 Å². The van der Waals surface area contributed by atoms with Crippen LogP contribution >= 0.6 is 0 Å². The van der Waals surface area contributed by atoms with Crippen molar-refractivity contribution in [1.82, 2.24) is 0 Å². The highest BCUT2D eigenvalue weighted by Crippen LogP contribution is 2.37. The van der Waals surface area contributed by atoms with E-state index in [0.717, 1.165) is 0 Å². The molecular weight excluding hydrogens is 242 g/mol. The van der Waals surface area contributed by atoms with Crippen molar-refractivity contribution in [2.75, 3.05) is 13.1 Å². The molecule has 1 saturated heterocycles. The van der Waals surface area contributed by atoms with Crippen molar-refractivity contribution < 1.29 is 14.5 Å². The van der Waals surface area contributed by atoms with Gasteiger partial charge in [-0.25, -0.2) is 0 Å². The van der Waals surface area contributed by atoms with Gasteiger partial charge in [-0.05, 0) is 13.0 Å². The van der Waals surface area contributed by atoms with E-state index in [-0.39, 0.29) is 24.8 Å². The SMILES string of the molecule is C=CC[N@@+]1([O-])C[C@@H](C(C)O)[C@@H]1C(=O)c1ccccc1. The average molecular weight is 261 g/mol. The second-order valence-electron chi connectivity index (χ2n) is 5.19. The summed E-state index contributed by atoms with van der Waals surface area (Å²) in [6.07, 6.45) is 0.888. The van der Waals surface area contributed by atoms with E-state index in [4.69, 9.17) is 0 Å². The molecule has 1 fully saturated rings. The van der Waals surface area contributed by atoms with Crippen LogP contribution in [-0.4, -0.2) is 40.8 Å². The van der Waals surface area contributed by atoms with Gasteiger partial charge in [0.2, 0.25) is 5.78 Å². The number of aliphatic hydroxyl groups is 1. The first-order chi connectivity index (χ1) is 8.99. The molecule has 0 bridgehead atoms. The first kappa shape index (κ1) is 13.9. The van der Waals surface area contributed by atoms with Crippen LogP contribution in [0.25, 0.3) is 0 Å². The number of quaternary nitrogens is 1. The van der Waals surface area contributed by atoms with Crippen molar-refractivity contribution in [1.29, 1.82) is 0 Å². The van der Waals surface area contributed by atoms with E-state index in [2.05, 4.69) is 6.58 Å². The largest absolute Gasteiger partial charge is 0.632 e. The summed E-state index contributed by atoms with van der Waals surface area (Å²) in [6, 6.07) is 8.07. The molecule has 2 rings (SSSR count). The van der Waals surface area contributed by atoms with Gasteiger partial charge in [-0.1, -0.05) is 36.9 Å². The van der Waals surface area contributed by atoms with Crippen molar-refractivity contribution in [3.63, 3.8) is 0 Å². The minimum atomic E-state index is -0.722. The molecule has 19 heavy (non-hydrogen) atoms. The third kappa shape index (κ3) is 2.47. The molecule has 1 aromatic rings. The highest BCUT2D eigenvalue weighted by molar-refractivity contribution is 6.00. The van der Waals surface area contributed by atoms with Crippen molar-refractivity contribution >= 4 is 5.78 Å². The van der Waals surface area contributed by atoms with Gasteiger partial charge in [0, 0.05) is 5.56 Å². The molecule has 0 radical (unpaired) electrons. The number of carbonyl (C=O) groups is 1. The summed E-state index contributed by atoms with van der Waals surface area (Å²) >= 11 is 0. The van der Waals surface area contributed by atoms with Crippen molar-refractivity contribution in [3.8, 4) is 0 Å². The van der Waals surface area contributed by atoms with Crippen LogP contribution in [0.5, 0.6) is 0 Å². The predicted octanol–water partition coefficient (Wildman–Crippen LogP) is 1.75. The molecule has 0 aliphatic carbocycles. The summed E-state index contributed by atoms with van der Waals surface area (Å²) in [4.78, 5) is 12.5. The first-order valence-corrected chi connectivity index (χ1v) is 6.45. The predicted molar refractivity (Wildman–Crippen MR) is 73.3 cm³/mol. The minimum absolute atomic E-state index is 0.186. The maximum atomic E-state index is 12.6. The Morgan fingerprint density at radius 2 is 2.21 bits per heavy atom. The van der Waals surface area contributed by atoms with Crippen LogP contribution in [0.15, 0.2) is 43.0 Å². The van der Waals surface area contributed by atoms with Crippen LogP contribution < -0.4 is 0 Å². The second kappa shape index (κ2) is 5.25. The molecule has 1 aromatic carbocycles. The van der Waals surface area contributed by atoms with E-state index in [0.29, 0.717) is 5.56 Å². The summed E-state index contributed by atoms with van der Waals surface area (Å²) in [5.74, 6) is -0.459. The number of Topliss-reactive ketones (excluding diaryl/α,β-unsaturated/α-hetero) is 1. The Morgan fingerprint density at radius 1 is 1.58 bits per heavy atom. The van der Waals surface area contributed by atoms with E-state index >= 15 is 0 Å². The van der Waals surface area contributed by atoms with Gasteiger partial charge in [0.05, 0.1) is 25.1 Å². The fourth-order valence-electron chi connectivity index (χ4n) is 2.79. The lowest BCUT2D eigenvalue weighted by atomic mass is 9.79. The van der Waals surface area contributed by atoms with Gasteiger partial charge in [0.1, 0.15) is 0 Å².